The fraction of sp³-hybridized carbons (Fsp3) is 0.895. The molecule has 20 heavy (non-hydrogen) atoms. The number of fused-ring (bicyclic) bond motifs is 1. The maximum absolute atomic E-state index is 11.0. The first kappa shape index (κ1) is 16.1. The van der Waals surface area contributed by atoms with E-state index in [4.69, 9.17) is 0 Å². The molecular weight excluding hydrogens is 244 g/mol. The predicted molar refractivity (Wildman–Crippen MR) is 86.6 cm³/mol. The van der Waals surface area contributed by atoms with E-state index in [0.29, 0.717) is 16.7 Å². The van der Waals surface area contributed by atoms with E-state index < -0.39 is 5.60 Å². The van der Waals surface area contributed by atoms with Crippen LogP contribution in [0.15, 0.2) is 12.2 Å². The van der Waals surface area contributed by atoms with Gasteiger partial charge in [-0.2, -0.15) is 0 Å². The second-order valence-corrected chi connectivity index (χ2v) is 8.84. The molecule has 0 spiro atoms. The molecule has 0 aromatic carbocycles. The lowest BCUT2D eigenvalue weighted by atomic mass is 9.45. The topological polar surface area (TPSA) is 20.2 Å². The molecule has 2 aliphatic carbocycles. The van der Waals surface area contributed by atoms with E-state index in [2.05, 4.69) is 41.2 Å². The summed E-state index contributed by atoms with van der Waals surface area (Å²) in [6.45, 7) is 15.6. The molecule has 0 unspecified atom stereocenters. The average molecular weight is 278 g/mol. The van der Waals surface area contributed by atoms with Crippen LogP contribution in [0.2, 0.25) is 0 Å². The van der Waals surface area contributed by atoms with E-state index in [9.17, 15) is 5.11 Å². The lowest BCUT2D eigenvalue weighted by molar-refractivity contribution is -0.168. The minimum absolute atomic E-state index is 0.305. The van der Waals surface area contributed by atoms with Crippen LogP contribution in [0.3, 0.4) is 0 Å². The van der Waals surface area contributed by atoms with Gasteiger partial charge in [0.2, 0.25) is 0 Å². The highest BCUT2D eigenvalue weighted by Crippen LogP contribution is 2.62. The summed E-state index contributed by atoms with van der Waals surface area (Å²) < 4.78 is 0. The first-order valence-electron chi connectivity index (χ1n) is 8.46. The molecular formula is C19H34O. The van der Waals surface area contributed by atoms with Crippen molar-refractivity contribution in [3.05, 3.63) is 12.2 Å². The molecule has 2 aliphatic rings. The van der Waals surface area contributed by atoms with Crippen LogP contribution in [-0.2, 0) is 0 Å². The van der Waals surface area contributed by atoms with Crippen molar-refractivity contribution in [2.24, 2.45) is 22.7 Å². The Kier molecular flexibility index (Phi) is 4.15. The van der Waals surface area contributed by atoms with Crippen LogP contribution in [-0.4, -0.2) is 10.7 Å². The molecule has 0 heterocycles. The monoisotopic (exact) mass is 278 g/mol. The molecule has 4 atom stereocenters. The molecule has 0 bridgehead atoms. The fourth-order valence-electron chi connectivity index (χ4n) is 5.66. The summed E-state index contributed by atoms with van der Waals surface area (Å²) >= 11 is 0. The Morgan fingerprint density at radius 2 is 1.80 bits per heavy atom. The lowest BCUT2D eigenvalue weighted by Crippen LogP contribution is -2.57. The van der Waals surface area contributed by atoms with E-state index >= 15 is 0 Å². The molecule has 2 rings (SSSR count). The van der Waals surface area contributed by atoms with Gasteiger partial charge in [-0.15, -0.1) is 6.58 Å². The first-order chi connectivity index (χ1) is 9.09. The van der Waals surface area contributed by atoms with Gasteiger partial charge in [0.15, 0.2) is 0 Å². The number of allylic oxidation sites excluding steroid dienone is 1. The quantitative estimate of drug-likeness (QED) is 0.691. The normalized spacial score (nSPS) is 43.9. The Morgan fingerprint density at radius 3 is 2.40 bits per heavy atom. The molecule has 2 fully saturated rings. The summed E-state index contributed by atoms with van der Waals surface area (Å²) in [5.41, 5.74) is 1.50. The molecule has 0 radical (unpaired) electrons. The maximum Gasteiger partial charge on any atom is 0.0653 e. The van der Waals surface area contributed by atoms with Gasteiger partial charge in [-0.05, 0) is 75.0 Å². The molecule has 2 saturated carbocycles. The summed E-state index contributed by atoms with van der Waals surface area (Å²) in [4.78, 5) is 0. The molecule has 0 aliphatic heterocycles. The molecule has 1 N–H and O–H groups in total. The zero-order valence-electron chi connectivity index (χ0n) is 14.3. The van der Waals surface area contributed by atoms with Crippen molar-refractivity contribution in [3.63, 3.8) is 0 Å². The van der Waals surface area contributed by atoms with Crippen molar-refractivity contribution in [3.8, 4) is 0 Å². The molecule has 1 heteroatoms. The maximum atomic E-state index is 11.0. The first-order valence-corrected chi connectivity index (χ1v) is 8.46. The molecule has 0 aromatic heterocycles. The second kappa shape index (κ2) is 5.16. The van der Waals surface area contributed by atoms with Crippen molar-refractivity contribution in [1.82, 2.24) is 0 Å². The fourth-order valence-corrected chi connectivity index (χ4v) is 5.66. The van der Waals surface area contributed by atoms with Gasteiger partial charge >= 0.3 is 0 Å². The summed E-state index contributed by atoms with van der Waals surface area (Å²) in [5, 5.41) is 11.0. The minimum Gasteiger partial charge on any atom is -0.390 e. The van der Waals surface area contributed by atoms with Crippen molar-refractivity contribution in [2.45, 2.75) is 85.2 Å². The van der Waals surface area contributed by atoms with Crippen molar-refractivity contribution in [2.75, 3.05) is 0 Å². The van der Waals surface area contributed by atoms with Crippen molar-refractivity contribution < 1.29 is 5.11 Å². The Morgan fingerprint density at radius 1 is 1.15 bits per heavy atom. The highest BCUT2D eigenvalue weighted by atomic mass is 16.3. The smallest absolute Gasteiger partial charge is 0.0653 e. The minimum atomic E-state index is -0.492. The summed E-state index contributed by atoms with van der Waals surface area (Å²) in [6.07, 6.45) is 8.28. The Balaban J connectivity index is 2.30. The molecule has 116 valence electrons. The van der Waals surface area contributed by atoms with E-state index in [-0.39, 0.29) is 0 Å². The third-order valence-electron chi connectivity index (χ3n) is 6.62. The van der Waals surface area contributed by atoms with E-state index in [1.54, 1.807) is 0 Å². The van der Waals surface area contributed by atoms with Gasteiger partial charge in [-0.25, -0.2) is 0 Å². The van der Waals surface area contributed by atoms with Crippen LogP contribution in [0.1, 0.15) is 79.6 Å². The van der Waals surface area contributed by atoms with Crippen LogP contribution in [0.25, 0.3) is 0 Å². The number of hydrogen-bond donors (Lipinski definition) is 1. The largest absolute Gasteiger partial charge is 0.390 e. The standard InChI is InChI=1S/C19H34O/c1-14(2)8-9-16-18(5)12-7-11-17(3,4)15(18)10-13-19(16,6)20/h15-16,20H,1,7-13H2,2-6H3/t15-,16-,18+,19-/m1/s1. The van der Waals surface area contributed by atoms with Crippen LogP contribution in [0.5, 0.6) is 0 Å². The van der Waals surface area contributed by atoms with Gasteiger partial charge in [-0.3, -0.25) is 0 Å². The lowest BCUT2D eigenvalue weighted by Gasteiger charge is -2.61. The van der Waals surface area contributed by atoms with Crippen LogP contribution in [0.4, 0.5) is 0 Å². The van der Waals surface area contributed by atoms with E-state index in [1.807, 2.05) is 0 Å². The summed E-state index contributed by atoms with van der Waals surface area (Å²) in [7, 11) is 0. The Labute approximate surface area is 125 Å². The van der Waals surface area contributed by atoms with Gasteiger partial charge in [0, 0.05) is 0 Å². The van der Waals surface area contributed by atoms with Crippen LogP contribution in [0, 0.1) is 22.7 Å². The zero-order chi connectivity index (χ0) is 15.2. The van der Waals surface area contributed by atoms with E-state index in [1.165, 1.54) is 31.3 Å². The molecule has 1 nitrogen and oxygen atoms in total. The Bertz CT molecular complexity index is 379. The van der Waals surface area contributed by atoms with Gasteiger partial charge in [0.05, 0.1) is 5.60 Å². The van der Waals surface area contributed by atoms with Crippen LogP contribution >= 0.6 is 0 Å². The van der Waals surface area contributed by atoms with Gasteiger partial charge < -0.3 is 5.11 Å². The zero-order valence-corrected chi connectivity index (χ0v) is 14.3. The number of hydrogen-bond acceptors (Lipinski definition) is 1. The average Bonchev–Trinajstić information content (AvgIpc) is 2.25. The Hall–Kier alpha value is -0.300. The van der Waals surface area contributed by atoms with Gasteiger partial charge in [0.25, 0.3) is 0 Å². The molecule has 0 aromatic rings. The van der Waals surface area contributed by atoms with Gasteiger partial charge in [0.1, 0.15) is 0 Å². The van der Waals surface area contributed by atoms with Crippen molar-refractivity contribution in [1.29, 1.82) is 0 Å². The summed E-state index contributed by atoms with van der Waals surface area (Å²) in [5.74, 6) is 1.18. The SMILES string of the molecule is C=C(C)CC[C@@H]1[C@@]2(C)CCCC(C)(C)[C@H]2CC[C@@]1(C)O. The highest BCUT2D eigenvalue weighted by Gasteiger charge is 2.57. The van der Waals surface area contributed by atoms with E-state index in [0.717, 1.165) is 25.2 Å². The predicted octanol–water partition coefficient (Wildman–Crippen LogP) is 5.34. The third-order valence-corrected chi connectivity index (χ3v) is 6.62. The van der Waals surface area contributed by atoms with Gasteiger partial charge in [-0.1, -0.05) is 32.8 Å². The second-order valence-electron chi connectivity index (χ2n) is 8.84. The third kappa shape index (κ3) is 2.71. The number of rotatable bonds is 3. The molecule has 0 amide bonds. The summed E-state index contributed by atoms with van der Waals surface area (Å²) in [6, 6.07) is 0. The highest BCUT2D eigenvalue weighted by molar-refractivity contribution is 5.08. The van der Waals surface area contributed by atoms with Crippen LogP contribution < -0.4 is 0 Å². The number of aliphatic hydroxyl groups is 1. The van der Waals surface area contributed by atoms with Crippen molar-refractivity contribution >= 4 is 0 Å². The molecule has 0 saturated heterocycles.